The topological polar surface area (TPSA) is 96.6 Å². The summed E-state index contributed by atoms with van der Waals surface area (Å²) in [5.74, 6) is 0.347. The van der Waals surface area contributed by atoms with E-state index in [1.165, 1.54) is 0 Å². The molecule has 1 aromatic rings. The van der Waals surface area contributed by atoms with Gasteiger partial charge < -0.3 is 26.2 Å². The van der Waals surface area contributed by atoms with Crippen molar-refractivity contribution in [3.63, 3.8) is 0 Å². The van der Waals surface area contributed by atoms with Crippen LogP contribution in [0.25, 0.3) is 0 Å². The molecule has 6 nitrogen and oxygen atoms in total. The fourth-order valence-electron chi connectivity index (χ4n) is 2.99. The second kappa shape index (κ2) is 6.32. The summed E-state index contributed by atoms with van der Waals surface area (Å²) < 4.78 is 5.54. The normalized spacial score (nSPS) is 23.7. The number of amides is 1. The summed E-state index contributed by atoms with van der Waals surface area (Å²) in [5, 5.41) is 16.3. The number of fused-ring (bicyclic) bond motifs is 1. The minimum atomic E-state index is -0.439. The van der Waals surface area contributed by atoms with Crippen LogP contribution in [-0.4, -0.2) is 43.4 Å². The van der Waals surface area contributed by atoms with Gasteiger partial charge in [0.2, 0.25) is 0 Å². The van der Waals surface area contributed by atoms with Gasteiger partial charge in [-0.05, 0) is 19.0 Å². The first-order valence-electron chi connectivity index (χ1n) is 7.48. The van der Waals surface area contributed by atoms with Crippen LogP contribution in [-0.2, 0) is 6.42 Å². The summed E-state index contributed by atoms with van der Waals surface area (Å²) in [4.78, 5) is 12.4. The number of carbonyl (C=O) groups excluding carboxylic acids is 1. The Bertz CT molecular complexity index is 594. The molecule has 2 heterocycles. The molecule has 120 valence electrons. The van der Waals surface area contributed by atoms with Crippen molar-refractivity contribution in [1.29, 1.82) is 0 Å². The van der Waals surface area contributed by atoms with Crippen LogP contribution in [0, 0.1) is 5.92 Å². The average molecular weight is 326 g/mol. The van der Waals surface area contributed by atoms with Gasteiger partial charge in [0.25, 0.3) is 5.91 Å². The van der Waals surface area contributed by atoms with Crippen molar-refractivity contribution < 1.29 is 14.6 Å². The van der Waals surface area contributed by atoms with Gasteiger partial charge in [0.1, 0.15) is 5.75 Å². The first kappa shape index (κ1) is 15.4. The van der Waals surface area contributed by atoms with Crippen molar-refractivity contribution in [2.75, 3.05) is 32.0 Å². The smallest absolute Gasteiger partial charge is 0.255 e. The lowest BCUT2D eigenvalue weighted by Gasteiger charge is -2.28. The van der Waals surface area contributed by atoms with Crippen molar-refractivity contribution in [3.05, 3.63) is 22.2 Å². The molecule has 0 radical (unpaired) electrons. The molecule has 7 heteroatoms. The van der Waals surface area contributed by atoms with Crippen molar-refractivity contribution in [1.82, 2.24) is 10.6 Å². The van der Waals surface area contributed by atoms with E-state index in [1.807, 2.05) is 0 Å². The second-order valence-electron chi connectivity index (χ2n) is 5.76. The molecule has 0 spiro atoms. The van der Waals surface area contributed by atoms with Crippen LogP contribution in [0.4, 0.5) is 5.69 Å². The van der Waals surface area contributed by atoms with Crippen molar-refractivity contribution >= 4 is 23.2 Å². The van der Waals surface area contributed by atoms with Crippen LogP contribution in [0.3, 0.4) is 0 Å². The number of piperidine rings is 1. The van der Waals surface area contributed by atoms with E-state index in [1.54, 1.807) is 6.07 Å². The highest BCUT2D eigenvalue weighted by Gasteiger charge is 2.27. The molecule has 0 aromatic heterocycles. The highest BCUT2D eigenvalue weighted by Crippen LogP contribution is 2.38. The van der Waals surface area contributed by atoms with Crippen LogP contribution in [0.2, 0.25) is 5.02 Å². The first-order chi connectivity index (χ1) is 10.6. The predicted octanol–water partition coefficient (Wildman–Crippen LogP) is 0.557. The molecule has 2 atom stereocenters. The monoisotopic (exact) mass is 325 g/mol. The third-order valence-electron chi connectivity index (χ3n) is 4.33. The minimum Gasteiger partial charge on any atom is -0.492 e. The van der Waals surface area contributed by atoms with Gasteiger partial charge in [-0.3, -0.25) is 4.79 Å². The van der Waals surface area contributed by atoms with Gasteiger partial charge in [0.05, 0.1) is 29.0 Å². The van der Waals surface area contributed by atoms with E-state index in [0.717, 1.165) is 18.5 Å². The number of anilines is 1. The standard InChI is InChI=1S/C15H20ClN3O3/c16-11-5-10(14-9(13(11)17)2-4-22-14)15(21)19-6-8-1-3-18-7-12(8)20/h5,8,12,18,20H,1-4,6-7,17H2,(H,19,21)/t8-,12-/m1/s1. The molecule has 1 amide bonds. The Morgan fingerprint density at radius 2 is 2.41 bits per heavy atom. The van der Waals surface area contributed by atoms with Gasteiger partial charge in [0.15, 0.2) is 0 Å². The number of nitrogens with two attached hydrogens (primary N) is 1. The highest BCUT2D eigenvalue weighted by atomic mass is 35.5. The van der Waals surface area contributed by atoms with E-state index in [2.05, 4.69) is 10.6 Å². The summed E-state index contributed by atoms with van der Waals surface area (Å²) in [5.41, 5.74) is 7.63. The Morgan fingerprint density at radius 3 is 3.18 bits per heavy atom. The number of halogens is 1. The van der Waals surface area contributed by atoms with E-state index < -0.39 is 6.10 Å². The fraction of sp³-hybridized carbons (Fsp3) is 0.533. The minimum absolute atomic E-state index is 0.0587. The average Bonchev–Trinajstić information content (AvgIpc) is 2.99. The number of aliphatic hydroxyl groups excluding tert-OH is 1. The Morgan fingerprint density at radius 1 is 1.59 bits per heavy atom. The molecular formula is C15H20ClN3O3. The quantitative estimate of drug-likeness (QED) is 0.609. The third kappa shape index (κ3) is 2.86. The molecule has 3 rings (SSSR count). The molecule has 0 aliphatic carbocycles. The van der Waals surface area contributed by atoms with Crippen LogP contribution in [0.1, 0.15) is 22.3 Å². The number of benzene rings is 1. The molecule has 0 bridgehead atoms. The highest BCUT2D eigenvalue weighted by molar-refractivity contribution is 6.33. The lowest BCUT2D eigenvalue weighted by Crippen LogP contribution is -2.45. The van der Waals surface area contributed by atoms with E-state index in [9.17, 15) is 9.90 Å². The van der Waals surface area contributed by atoms with Crippen molar-refractivity contribution in [3.8, 4) is 5.75 Å². The van der Waals surface area contributed by atoms with E-state index in [0.29, 0.717) is 48.1 Å². The number of nitrogens with one attached hydrogen (secondary N) is 2. The molecule has 5 N–H and O–H groups in total. The second-order valence-corrected chi connectivity index (χ2v) is 6.16. The van der Waals surface area contributed by atoms with Crippen molar-refractivity contribution in [2.24, 2.45) is 5.92 Å². The molecule has 22 heavy (non-hydrogen) atoms. The van der Waals surface area contributed by atoms with Crippen LogP contribution in [0.15, 0.2) is 6.07 Å². The number of hydrogen-bond acceptors (Lipinski definition) is 5. The van der Waals surface area contributed by atoms with Gasteiger partial charge in [0, 0.05) is 31.0 Å². The molecule has 1 saturated heterocycles. The predicted molar refractivity (Wildman–Crippen MR) is 84.4 cm³/mol. The van der Waals surface area contributed by atoms with Gasteiger partial charge in [-0.15, -0.1) is 0 Å². The van der Waals surface area contributed by atoms with Crippen LogP contribution < -0.4 is 21.1 Å². The molecule has 1 aromatic carbocycles. The Labute approximate surface area is 134 Å². The molecule has 2 aliphatic heterocycles. The van der Waals surface area contributed by atoms with Gasteiger partial charge in [-0.1, -0.05) is 11.6 Å². The maximum atomic E-state index is 12.4. The third-order valence-corrected chi connectivity index (χ3v) is 4.64. The fourth-order valence-corrected chi connectivity index (χ4v) is 3.21. The summed E-state index contributed by atoms with van der Waals surface area (Å²) in [6.45, 7) is 2.35. The number of carbonyl (C=O) groups is 1. The molecule has 0 unspecified atom stereocenters. The van der Waals surface area contributed by atoms with Gasteiger partial charge in [-0.2, -0.15) is 0 Å². The van der Waals surface area contributed by atoms with Crippen LogP contribution >= 0.6 is 11.6 Å². The number of rotatable bonds is 3. The van der Waals surface area contributed by atoms with E-state index >= 15 is 0 Å². The molecule has 2 aliphatic rings. The van der Waals surface area contributed by atoms with Crippen LogP contribution in [0.5, 0.6) is 5.75 Å². The summed E-state index contributed by atoms with van der Waals surface area (Å²) in [6, 6.07) is 1.55. The molecule has 1 fully saturated rings. The number of β-amino-alcohol motifs (C(OH)–C–C–N with tert-alkyl or cyclic N) is 1. The van der Waals surface area contributed by atoms with Gasteiger partial charge in [-0.25, -0.2) is 0 Å². The summed E-state index contributed by atoms with van der Waals surface area (Å²) in [6.07, 6.45) is 1.05. The Balaban J connectivity index is 1.73. The Kier molecular flexibility index (Phi) is 4.42. The van der Waals surface area contributed by atoms with E-state index in [-0.39, 0.29) is 11.8 Å². The zero-order chi connectivity index (χ0) is 15.7. The Hall–Kier alpha value is -1.50. The van der Waals surface area contributed by atoms with Crippen molar-refractivity contribution in [2.45, 2.75) is 18.9 Å². The number of aliphatic hydroxyl groups is 1. The summed E-state index contributed by atoms with van der Waals surface area (Å²) >= 11 is 6.10. The zero-order valence-corrected chi connectivity index (χ0v) is 12.9. The summed E-state index contributed by atoms with van der Waals surface area (Å²) in [7, 11) is 0. The maximum Gasteiger partial charge on any atom is 0.255 e. The molecular weight excluding hydrogens is 306 g/mol. The zero-order valence-electron chi connectivity index (χ0n) is 12.2. The lowest BCUT2D eigenvalue weighted by molar-refractivity contribution is 0.0752. The van der Waals surface area contributed by atoms with E-state index in [4.69, 9.17) is 22.1 Å². The SMILES string of the molecule is Nc1c(Cl)cc(C(=O)NC[C@H]2CCNC[C@H]2O)c2c1CCO2. The lowest BCUT2D eigenvalue weighted by atomic mass is 9.95. The maximum absolute atomic E-state index is 12.4. The largest absolute Gasteiger partial charge is 0.492 e. The number of hydrogen-bond donors (Lipinski definition) is 4. The first-order valence-corrected chi connectivity index (χ1v) is 7.86. The number of ether oxygens (including phenoxy) is 1. The number of nitrogen functional groups attached to an aromatic ring is 1. The molecule has 0 saturated carbocycles. The van der Waals surface area contributed by atoms with Gasteiger partial charge >= 0.3 is 0 Å².